The van der Waals surface area contributed by atoms with Gasteiger partial charge in [-0.2, -0.15) is 0 Å². The van der Waals surface area contributed by atoms with E-state index in [0.29, 0.717) is 12.0 Å². The van der Waals surface area contributed by atoms with Crippen LogP contribution in [0.1, 0.15) is 46.5 Å². The van der Waals surface area contributed by atoms with E-state index in [9.17, 15) is 9.90 Å². The summed E-state index contributed by atoms with van der Waals surface area (Å²) in [6.07, 6.45) is 4.27. The second-order valence-corrected chi connectivity index (χ2v) is 3.33. The van der Waals surface area contributed by atoms with Gasteiger partial charge in [0.2, 0.25) is 6.29 Å². The van der Waals surface area contributed by atoms with Gasteiger partial charge in [0.05, 0.1) is 0 Å². The maximum absolute atomic E-state index is 11.2. The highest BCUT2D eigenvalue weighted by molar-refractivity contribution is 5.87. The van der Waals surface area contributed by atoms with E-state index < -0.39 is 12.3 Å². The minimum absolute atomic E-state index is 0.434. The molecule has 0 rings (SSSR count). The van der Waals surface area contributed by atoms with E-state index in [-0.39, 0.29) is 0 Å². The van der Waals surface area contributed by atoms with Crippen molar-refractivity contribution in [2.24, 2.45) is 0 Å². The van der Waals surface area contributed by atoms with Crippen LogP contribution in [-0.2, 0) is 9.53 Å². The van der Waals surface area contributed by atoms with Crippen LogP contribution in [-0.4, -0.2) is 17.4 Å². The molecular weight excluding hydrogens is 180 g/mol. The number of aliphatic hydroxyl groups excluding tert-OH is 1. The number of carbonyl (C=O) groups excluding carboxylic acids is 1. The summed E-state index contributed by atoms with van der Waals surface area (Å²) in [6, 6.07) is 0. The highest BCUT2D eigenvalue weighted by Crippen LogP contribution is 2.06. The van der Waals surface area contributed by atoms with Crippen molar-refractivity contribution < 1.29 is 14.6 Å². The van der Waals surface area contributed by atoms with Gasteiger partial charge in [0.1, 0.15) is 0 Å². The average Bonchev–Trinajstić information content (AvgIpc) is 2.16. The smallest absolute Gasteiger partial charge is 0.335 e. The van der Waals surface area contributed by atoms with Crippen molar-refractivity contribution in [1.82, 2.24) is 0 Å². The molecule has 1 atom stereocenters. The molecule has 0 fully saturated rings. The minimum atomic E-state index is -0.955. The Bertz CT molecular complexity index is 197. The van der Waals surface area contributed by atoms with Gasteiger partial charge in [-0.05, 0) is 20.3 Å². The molecule has 0 aliphatic rings. The Morgan fingerprint density at radius 2 is 2.14 bits per heavy atom. The van der Waals surface area contributed by atoms with E-state index in [1.807, 2.05) is 0 Å². The van der Waals surface area contributed by atoms with Crippen LogP contribution in [0.15, 0.2) is 11.6 Å². The number of aliphatic hydroxyl groups is 1. The molecule has 0 spiro atoms. The summed E-state index contributed by atoms with van der Waals surface area (Å²) in [4.78, 5) is 11.2. The van der Waals surface area contributed by atoms with Crippen LogP contribution >= 0.6 is 0 Å². The molecule has 0 aromatic carbocycles. The molecule has 0 saturated carbocycles. The molecule has 14 heavy (non-hydrogen) atoms. The summed E-state index contributed by atoms with van der Waals surface area (Å²) in [5.74, 6) is -0.434. The first-order valence-corrected chi connectivity index (χ1v) is 5.13. The highest BCUT2D eigenvalue weighted by atomic mass is 16.6. The monoisotopic (exact) mass is 200 g/mol. The number of esters is 1. The fourth-order valence-corrected chi connectivity index (χ4v) is 0.962. The molecule has 3 nitrogen and oxygen atoms in total. The number of hydrogen-bond acceptors (Lipinski definition) is 3. The molecule has 3 heteroatoms. The van der Waals surface area contributed by atoms with Crippen molar-refractivity contribution in [3.63, 3.8) is 0 Å². The van der Waals surface area contributed by atoms with Crippen LogP contribution in [0.4, 0.5) is 0 Å². The molecule has 1 N–H and O–H groups in total. The number of carbonyl (C=O) groups is 1. The third kappa shape index (κ3) is 5.75. The van der Waals surface area contributed by atoms with Crippen molar-refractivity contribution in [2.75, 3.05) is 0 Å². The van der Waals surface area contributed by atoms with E-state index in [4.69, 9.17) is 4.74 Å². The second-order valence-electron chi connectivity index (χ2n) is 3.33. The van der Waals surface area contributed by atoms with Crippen molar-refractivity contribution in [3.8, 4) is 0 Å². The van der Waals surface area contributed by atoms with Gasteiger partial charge in [-0.3, -0.25) is 0 Å². The standard InChI is InChI=1S/C11H20O3/c1-4-6-7-8-10(12)14-11(13)9(3)5-2/h5,10,12H,4,6-8H2,1-3H3/b9-5+. The first kappa shape index (κ1) is 13.2. The lowest BCUT2D eigenvalue weighted by Crippen LogP contribution is -2.18. The summed E-state index contributed by atoms with van der Waals surface area (Å²) >= 11 is 0. The maximum Gasteiger partial charge on any atom is 0.335 e. The molecule has 0 aliphatic carbocycles. The zero-order valence-electron chi connectivity index (χ0n) is 9.25. The third-order valence-electron chi connectivity index (χ3n) is 2.05. The van der Waals surface area contributed by atoms with Gasteiger partial charge < -0.3 is 9.84 Å². The Morgan fingerprint density at radius 1 is 1.50 bits per heavy atom. The molecule has 0 aliphatic heterocycles. The zero-order valence-corrected chi connectivity index (χ0v) is 9.25. The van der Waals surface area contributed by atoms with Gasteiger partial charge in [0, 0.05) is 12.0 Å². The van der Waals surface area contributed by atoms with Gasteiger partial charge >= 0.3 is 5.97 Å². The predicted molar refractivity (Wildman–Crippen MR) is 55.7 cm³/mol. The number of ether oxygens (including phenoxy) is 1. The van der Waals surface area contributed by atoms with Gasteiger partial charge in [0.25, 0.3) is 0 Å². The molecule has 82 valence electrons. The summed E-state index contributed by atoms with van der Waals surface area (Å²) < 4.78 is 4.80. The van der Waals surface area contributed by atoms with Crippen LogP contribution in [0.25, 0.3) is 0 Å². The zero-order chi connectivity index (χ0) is 11.0. The lowest BCUT2D eigenvalue weighted by molar-refractivity contribution is -0.163. The molecular formula is C11H20O3. The quantitative estimate of drug-likeness (QED) is 0.310. The number of rotatable bonds is 6. The van der Waals surface area contributed by atoms with Crippen molar-refractivity contribution >= 4 is 5.97 Å². The van der Waals surface area contributed by atoms with Gasteiger partial charge in [-0.1, -0.05) is 25.8 Å². The number of allylic oxidation sites excluding steroid dienone is 1. The molecule has 0 aromatic rings. The summed E-state index contributed by atoms with van der Waals surface area (Å²) in [6.45, 7) is 5.52. The molecule has 0 amide bonds. The summed E-state index contributed by atoms with van der Waals surface area (Å²) in [7, 11) is 0. The van der Waals surface area contributed by atoms with Crippen LogP contribution in [0.3, 0.4) is 0 Å². The fourth-order valence-electron chi connectivity index (χ4n) is 0.962. The van der Waals surface area contributed by atoms with Crippen LogP contribution in [0.2, 0.25) is 0 Å². The average molecular weight is 200 g/mol. The van der Waals surface area contributed by atoms with Crippen molar-refractivity contribution in [2.45, 2.75) is 52.7 Å². The van der Waals surface area contributed by atoms with E-state index in [1.165, 1.54) is 0 Å². The topological polar surface area (TPSA) is 46.5 Å². The van der Waals surface area contributed by atoms with Gasteiger partial charge in [-0.25, -0.2) is 4.79 Å². The number of unbranched alkanes of at least 4 members (excludes halogenated alkanes) is 2. The molecule has 0 heterocycles. The SMILES string of the molecule is C/C=C(\C)C(=O)OC(O)CCCCC. The second kappa shape index (κ2) is 7.56. The highest BCUT2D eigenvalue weighted by Gasteiger charge is 2.11. The van der Waals surface area contributed by atoms with E-state index in [2.05, 4.69) is 6.92 Å². The summed E-state index contributed by atoms with van der Waals surface area (Å²) in [5.41, 5.74) is 0.527. The van der Waals surface area contributed by atoms with E-state index in [0.717, 1.165) is 19.3 Å². The summed E-state index contributed by atoms with van der Waals surface area (Å²) in [5, 5.41) is 9.32. The molecule has 0 radical (unpaired) electrons. The molecule has 0 saturated heterocycles. The Kier molecular flexibility index (Phi) is 7.11. The predicted octanol–water partition coefficient (Wildman–Crippen LogP) is 2.39. The third-order valence-corrected chi connectivity index (χ3v) is 2.05. The first-order valence-electron chi connectivity index (χ1n) is 5.13. The lowest BCUT2D eigenvalue weighted by atomic mass is 10.2. The lowest BCUT2D eigenvalue weighted by Gasteiger charge is -2.11. The Morgan fingerprint density at radius 3 is 2.64 bits per heavy atom. The normalized spacial score (nSPS) is 13.9. The molecule has 1 unspecified atom stereocenters. The molecule has 0 aromatic heterocycles. The largest absolute Gasteiger partial charge is 0.433 e. The van der Waals surface area contributed by atoms with Crippen LogP contribution < -0.4 is 0 Å². The Balaban J connectivity index is 3.71. The van der Waals surface area contributed by atoms with Crippen molar-refractivity contribution in [3.05, 3.63) is 11.6 Å². The fraction of sp³-hybridized carbons (Fsp3) is 0.727. The van der Waals surface area contributed by atoms with Crippen molar-refractivity contribution in [1.29, 1.82) is 0 Å². The van der Waals surface area contributed by atoms with Gasteiger partial charge in [0.15, 0.2) is 0 Å². The van der Waals surface area contributed by atoms with E-state index in [1.54, 1.807) is 19.9 Å². The van der Waals surface area contributed by atoms with Gasteiger partial charge in [-0.15, -0.1) is 0 Å². The van der Waals surface area contributed by atoms with E-state index >= 15 is 0 Å². The minimum Gasteiger partial charge on any atom is -0.433 e. The Labute approximate surface area is 85.8 Å². The Hall–Kier alpha value is -0.830. The number of hydrogen-bond donors (Lipinski definition) is 1. The van der Waals surface area contributed by atoms with Crippen LogP contribution in [0.5, 0.6) is 0 Å². The maximum atomic E-state index is 11.2. The molecule has 0 bridgehead atoms. The first-order chi connectivity index (χ1) is 6.61. The van der Waals surface area contributed by atoms with Crippen LogP contribution in [0, 0.1) is 0 Å².